The Morgan fingerprint density at radius 3 is 1.19 bits per heavy atom. The molecule has 0 bridgehead atoms. The number of benzene rings is 4. The molecule has 0 unspecified atom stereocenters. The predicted octanol–water partition coefficient (Wildman–Crippen LogP) is 10.6. The highest BCUT2D eigenvalue weighted by atomic mass is 79.9. The van der Waals surface area contributed by atoms with Crippen molar-refractivity contribution in [3.8, 4) is 0 Å². The largest absolute Gasteiger partial charge is 0.0898 e. The molecular formula is C25H16Br4S2. The van der Waals surface area contributed by atoms with Crippen molar-refractivity contribution in [2.24, 2.45) is 0 Å². The molecule has 156 valence electrons. The molecule has 0 saturated heterocycles. The average molecular weight is 700 g/mol. The Bertz CT molecular complexity index is 1090. The van der Waals surface area contributed by atoms with Crippen LogP contribution in [-0.4, -0.2) is 0 Å². The summed E-state index contributed by atoms with van der Waals surface area (Å²) in [7, 11) is 0. The Balaban J connectivity index is 1.65. The standard InChI is InChI=1S/C25H16Br4S2/c26-18-1-7-22(8-2-18)30-24-11-5-20(28)14-16(24)13-17-15-21(29)6-12-25(17)31-23-9-3-19(27)4-10-23/h1-12,14-15H,13H2. The lowest BCUT2D eigenvalue weighted by molar-refractivity contribution is 1.07. The maximum atomic E-state index is 3.66. The first-order chi connectivity index (χ1) is 15.0. The molecule has 31 heavy (non-hydrogen) atoms. The van der Waals surface area contributed by atoms with Gasteiger partial charge in [0.1, 0.15) is 0 Å². The summed E-state index contributed by atoms with van der Waals surface area (Å²) in [5, 5.41) is 0. The Labute approximate surface area is 225 Å². The van der Waals surface area contributed by atoms with Gasteiger partial charge in [-0.25, -0.2) is 0 Å². The Kier molecular flexibility index (Phi) is 8.45. The van der Waals surface area contributed by atoms with Crippen LogP contribution in [0.15, 0.2) is 122 Å². The first-order valence-corrected chi connectivity index (χ1v) is 14.2. The third-order valence-corrected chi connectivity index (χ3v) is 8.80. The molecule has 0 aromatic heterocycles. The van der Waals surface area contributed by atoms with Crippen LogP contribution in [0.4, 0.5) is 0 Å². The van der Waals surface area contributed by atoms with Crippen molar-refractivity contribution >= 4 is 87.2 Å². The second-order valence-electron chi connectivity index (χ2n) is 6.79. The van der Waals surface area contributed by atoms with Gasteiger partial charge in [-0.1, -0.05) is 87.2 Å². The molecule has 0 amide bonds. The topological polar surface area (TPSA) is 0 Å². The molecule has 0 heterocycles. The lowest BCUT2D eigenvalue weighted by Crippen LogP contribution is -1.94. The fourth-order valence-corrected chi connectivity index (χ4v) is 6.23. The van der Waals surface area contributed by atoms with Gasteiger partial charge >= 0.3 is 0 Å². The molecule has 0 saturated carbocycles. The molecule has 4 aromatic rings. The first-order valence-electron chi connectivity index (χ1n) is 9.40. The van der Waals surface area contributed by atoms with Gasteiger partial charge in [-0.15, -0.1) is 0 Å². The number of halogens is 4. The second kappa shape index (κ2) is 11.1. The van der Waals surface area contributed by atoms with E-state index in [-0.39, 0.29) is 0 Å². The normalized spacial score (nSPS) is 11.0. The molecule has 0 atom stereocenters. The molecule has 6 heteroatoms. The maximum absolute atomic E-state index is 3.66. The van der Waals surface area contributed by atoms with Crippen LogP contribution in [0.2, 0.25) is 0 Å². The maximum Gasteiger partial charge on any atom is 0.0178 e. The van der Waals surface area contributed by atoms with Gasteiger partial charge in [0.15, 0.2) is 0 Å². The van der Waals surface area contributed by atoms with Crippen molar-refractivity contribution in [2.75, 3.05) is 0 Å². The zero-order chi connectivity index (χ0) is 21.8. The first kappa shape index (κ1) is 23.7. The summed E-state index contributed by atoms with van der Waals surface area (Å²) in [6, 6.07) is 30.0. The van der Waals surface area contributed by atoms with Gasteiger partial charge in [0.25, 0.3) is 0 Å². The number of rotatable bonds is 6. The van der Waals surface area contributed by atoms with E-state index >= 15 is 0 Å². The van der Waals surface area contributed by atoms with E-state index in [0.29, 0.717) is 0 Å². The summed E-state index contributed by atoms with van der Waals surface area (Å²) in [5.74, 6) is 0. The number of hydrogen-bond acceptors (Lipinski definition) is 2. The quantitative estimate of drug-likeness (QED) is 0.197. The van der Waals surface area contributed by atoms with E-state index in [0.717, 1.165) is 24.3 Å². The minimum absolute atomic E-state index is 0.858. The van der Waals surface area contributed by atoms with Crippen LogP contribution in [0.1, 0.15) is 11.1 Å². The number of hydrogen-bond donors (Lipinski definition) is 0. The summed E-state index contributed by atoms with van der Waals surface area (Å²) in [6.07, 6.45) is 0.858. The van der Waals surface area contributed by atoms with Crippen molar-refractivity contribution in [1.29, 1.82) is 0 Å². The third-order valence-electron chi connectivity index (χ3n) is 4.51. The summed E-state index contributed by atoms with van der Waals surface area (Å²) in [5.41, 5.74) is 2.61. The fourth-order valence-electron chi connectivity index (χ4n) is 3.04. The van der Waals surface area contributed by atoms with Crippen LogP contribution >= 0.6 is 87.2 Å². The van der Waals surface area contributed by atoms with Gasteiger partial charge in [0.2, 0.25) is 0 Å². The third kappa shape index (κ3) is 6.75. The van der Waals surface area contributed by atoms with Gasteiger partial charge in [0.05, 0.1) is 0 Å². The van der Waals surface area contributed by atoms with Crippen molar-refractivity contribution in [3.63, 3.8) is 0 Å². The monoisotopic (exact) mass is 696 g/mol. The highest BCUT2D eigenvalue weighted by Crippen LogP contribution is 2.37. The highest BCUT2D eigenvalue weighted by molar-refractivity contribution is 9.11. The van der Waals surface area contributed by atoms with E-state index in [1.807, 2.05) is 0 Å². The second-order valence-corrected chi connectivity index (χ2v) is 12.7. The minimum Gasteiger partial charge on any atom is -0.0898 e. The Morgan fingerprint density at radius 1 is 0.452 bits per heavy atom. The van der Waals surface area contributed by atoms with E-state index in [9.17, 15) is 0 Å². The summed E-state index contributed by atoms with van der Waals surface area (Å²) < 4.78 is 4.38. The van der Waals surface area contributed by atoms with Gasteiger partial charge in [-0.3, -0.25) is 0 Å². The summed E-state index contributed by atoms with van der Waals surface area (Å²) in [4.78, 5) is 4.99. The molecule has 0 aliphatic carbocycles. The van der Waals surface area contributed by atoms with E-state index in [2.05, 4.69) is 149 Å². The minimum atomic E-state index is 0.858. The highest BCUT2D eigenvalue weighted by Gasteiger charge is 2.12. The van der Waals surface area contributed by atoms with E-state index in [1.165, 1.54) is 30.7 Å². The van der Waals surface area contributed by atoms with Crippen molar-refractivity contribution in [3.05, 3.63) is 114 Å². The Hall–Kier alpha value is -0.500. The Morgan fingerprint density at radius 2 is 0.806 bits per heavy atom. The molecule has 0 spiro atoms. The fraction of sp³-hybridized carbons (Fsp3) is 0.0400. The van der Waals surface area contributed by atoms with Crippen LogP contribution in [0.5, 0.6) is 0 Å². The van der Waals surface area contributed by atoms with Gasteiger partial charge in [0, 0.05) is 37.5 Å². The van der Waals surface area contributed by atoms with E-state index in [4.69, 9.17) is 0 Å². The van der Waals surface area contributed by atoms with Crippen LogP contribution < -0.4 is 0 Å². The smallest absolute Gasteiger partial charge is 0.0178 e. The molecule has 0 fully saturated rings. The van der Waals surface area contributed by atoms with Crippen molar-refractivity contribution < 1.29 is 0 Å². The zero-order valence-corrected chi connectivity index (χ0v) is 24.1. The molecule has 4 rings (SSSR count). The molecule has 0 N–H and O–H groups in total. The lowest BCUT2D eigenvalue weighted by Gasteiger charge is -2.14. The molecular weight excluding hydrogens is 684 g/mol. The molecule has 0 radical (unpaired) electrons. The molecule has 4 aromatic carbocycles. The van der Waals surface area contributed by atoms with Crippen LogP contribution in [0.25, 0.3) is 0 Å². The van der Waals surface area contributed by atoms with E-state index in [1.54, 1.807) is 23.5 Å². The van der Waals surface area contributed by atoms with Crippen LogP contribution in [-0.2, 0) is 6.42 Å². The summed E-state index contributed by atoms with van der Waals surface area (Å²) >= 11 is 18.0. The van der Waals surface area contributed by atoms with Gasteiger partial charge in [-0.05, 0) is 102 Å². The molecule has 0 aliphatic rings. The molecule has 0 aliphatic heterocycles. The van der Waals surface area contributed by atoms with Crippen molar-refractivity contribution in [1.82, 2.24) is 0 Å². The predicted molar refractivity (Wildman–Crippen MR) is 148 cm³/mol. The lowest BCUT2D eigenvalue weighted by atomic mass is 10.1. The van der Waals surface area contributed by atoms with Gasteiger partial charge < -0.3 is 0 Å². The zero-order valence-electron chi connectivity index (χ0n) is 16.1. The van der Waals surface area contributed by atoms with Crippen molar-refractivity contribution in [2.45, 2.75) is 26.0 Å². The van der Waals surface area contributed by atoms with Gasteiger partial charge in [-0.2, -0.15) is 0 Å². The SMILES string of the molecule is Brc1ccc(Sc2ccc(Br)cc2Cc2cc(Br)ccc2Sc2ccc(Br)cc2)cc1. The average Bonchev–Trinajstić information content (AvgIpc) is 2.75. The van der Waals surface area contributed by atoms with E-state index < -0.39 is 0 Å². The summed E-state index contributed by atoms with van der Waals surface area (Å²) in [6.45, 7) is 0. The molecule has 0 nitrogen and oxygen atoms in total. The van der Waals surface area contributed by atoms with Crippen LogP contribution in [0, 0.1) is 0 Å². The van der Waals surface area contributed by atoms with Crippen LogP contribution in [0.3, 0.4) is 0 Å².